The highest BCUT2D eigenvalue weighted by molar-refractivity contribution is 5.97. The van der Waals surface area contributed by atoms with Gasteiger partial charge < -0.3 is 15.0 Å². The number of amides is 1. The number of hydrogen-bond donors (Lipinski definition) is 1. The molecule has 0 spiro atoms. The van der Waals surface area contributed by atoms with Crippen molar-refractivity contribution in [3.8, 4) is 11.5 Å². The summed E-state index contributed by atoms with van der Waals surface area (Å²) in [6.45, 7) is 1.64. The summed E-state index contributed by atoms with van der Waals surface area (Å²) in [5.41, 5.74) is 1.77. The van der Waals surface area contributed by atoms with Gasteiger partial charge in [0.2, 0.25) is 0 Å². The molecule has 142 valence electrons. The lowest BCUT2D eigenvalue weighted by atomic mass is 10.1. The molecule has 0 radical (unpaired) electrons. The molecule has 0 saturated carbocycles. The fraction of sp³-hybridized carbons (Fsp3) is 0.208. The Morgan fingerprint density at radius 2 is 1.61 bits per heavy atom. The summed E-state index contributed by atoms with van der Waals surface area (Å²) in [5, 5.41) is 3.11. The topological polar surface area (TPSA) is 41.6 Å². The number of anilines is 1. The second kappa shape index (κ2) is 8.61. The van der Waals surface area contributed by atoms with Gasteiger partial charge in [0.15, 0.2) is 0 Å². The molecule has 0 aromatic heterocycles. The second-order valence-corrected chi connectivity index (χ2v) is 6.95. The summed E-state index contributed by atoms with van der Waals surface area (Å²) in [6.07, 6.45) is 2.22. The Hall–Kier alpha value is -3.27. The second-order valence-electron chi connectivity index (χ2n) is 6.95. The van der Waals surface area contributed by atoms with E-state index in [2.05, 4.69) is 34.5 Å². The van der Waals surface area contributed by atoms with Crippen LogP contribution >= 0.6 is 0 Å². The third-order valence-electron chi connectivity index (χ3n) is 5.07. The van der Waals surface area contributed by atoms with Crippen LogP contribution in [0.15, 0.2) is 84.9 Å². The van der Waals surface area contributed by atoms with Gasteiger partial charge in [0.1, 0.15) is 11.5 Å². The molecule has 4 heteroatoms. The zero-order valence-corrected chi connectivity index (χ0v) is 15.8. The zero-order chi connectivity index (χ0) is 19.2. The number of para-hydroxylation sites is 3. The molecule has 0 bridgehead atoms. The van der Waals surface area contributed by atoms with Crippen molar-refractivity contribution in [1.82, 2.24) is 5.32 Å². The van der Waals surface area contributed by atoms with E-state index in [1.807, 2.05) is 54.6 Å². The molecule has 1 atom stereocenters. The summed E-state index contributed by atoms with van der Waals surface area (Å²) in [6, 6.07) is 27.6. The maximum Gasteiger partial charge on any atom is 0.255 e. The maximum atomic E-state index is 12.8. The van der Waals surface area contributed by atoms with Gasteiger partial charge in [0.05, 0.1) is 5.56 Å². The molecule has 1 unspecified atom stereocenters. The van der Waals surface area contributed by atoms with Crippen molar-refractivity contribution in [3.63, 3.8) is 0 Å². The van der Waals surface area contributed by atoms with Crippen LogP contribution in [-0.2, 0) is 0 Å². The SMILES string of the molecule is O=C(NCC1CCCN1c1ccccc1)c1ccccc1Oc1ccccc1. The van der Waals surface area contributed by atoms with Crippen molar-refractivity contribution in [2.24, 2.45) is 0 Å². The summed E-state index contributed by atoms with van der Waals surface area (Å²) >= 11 is 0. The Balaban J connectivity index is 1.43. The first-order valence-electron chi connectivity index (χ1n) is 9.73. The van der Waals surface area contributed by atoms with Crippen molar-refractivity contribution in [1.29, 1.82) is 0 Å². The monoisotopic (exact) mass is 372 g/mol. The lowest BCUT2D eigenvalue weighted by Crippen LogP contribution is -2.40. The summed E-state index contributed by atoms with van der Waals surface area (Å²) in [4.78, 5) is 15.2. The lowest BCUT2D eigenvalue weighted by Gasteiger charge is -2.27. The van der Waals surface area contributed by atoms with E-state index in [0.29, 0.717) is 29.6 Å². The molecule has 1 aliphatic heterocycles. The molecule has 1 N–H and O–H groups in total. The molecular weight excluding hydrogens is 348 g/mol. The molecule has 28 heavy (non-hydrogen) atoms. The number of rotatable bonds is 6. The summed E-state index contributed by atoms with van der Waals surface area (Å²) in [7, 11) is 0. The van der Waals surface area contributed by atoms with Gasteiger partial charge in [-0.15, -0.1) is 0 Å². The van der Waals surface area contributed by atoms with Gasteiger partial charge in [0.25, 0.3) is 5.91 Å². The molecule has 1 saturated heterocycles. The third kappa shape index (κ3) is 4.17. The first kappa shape index (κ1) is 18.1. The van der Waals surface area contributed by atoms with Gasteiger partial charge >= 0.3 is 0 Å². The minimum Gasteiger partial charge on any atom is -0.457 e. The van der Waals surface area contributed by atoms with Crippen LogP contribution in [0.5, 0.6) is 11.5 Å². The minimum absolute atomic E-state index is 0.105. The first-order chi connectivity index (χ1) is 13.8. The predicted molar refractivity (Wildman–Crippen MR) is 112 cm³/mol. The van der Waals surface area contributed by atoms with Crippen molar-refractivity contribution < 1.29 is 9.53 Å². The van der Waals surface area contributed by atoms with Crippen LogP contribution in [0.25, 0.3) is 0 Å². The van der Waals surface area contributed by atoms with E-state index in [9.17, 15) is 4.79 Å². The number of carbonyl (C=O) groups excluding carboxylic acids is 1. The van der Waals surface area contributed by atoms with Crippen molar-refractivity contribution in [3.05, 3.63) is 90.5 Å². The molecule has 3 aromatic carbocycles. The average Bonchev–Trinajstić information content (AvgIpc) is 3.22. The van der Waals surface area contributed by atoms with Gasteiger partial charge in [-0.3, -0.25) is 4.79 Å². The van der Waals surface area contributed by atoms with Gasteiger partial charge in [0, 0.05) is 24.8 Å². The fourth-order valence-corrected chi connectivity index (χ4v) is 3.67. The van der Waals surface area contributed by atoms with Gasteiger partial charge in [-0.05, 0) is 49.2 Å². The third-order valence-corrected chi connectivity index (χ3v) is 5.07. The minimum atomic E-state index is -0.105. The van der Waals surface area contributed by atoms with Gasteiger partial charge in [-0.2, -0.15) is 0 Å². The van der Waals surface area contributed by atoms with E-state index in [0.717, 1.165) is 19.4 Å². The molecule has 1 heterocycles. The average molecular weight is 372 g/mol. The zero-order valence-electron chi connectivity index (χ0n) is 15.8. The molecule has 3 aromatic rings. The van der Waals surface area contributed by atoms with Crippen LogP contribution in [0.2, 0.25) is 0 Å². The van der Waals surface area contributed by atoms with E-state index in [1.54, 1.807) is 6.07 Å². The molecule has 1 amide bonds. The molecule has 0 aliphatic carbocycles. The van der Waals surface area contributed by atoms with E-state index in [1.165, 1.54) is 5.69 Å². The van der Waals surface area contributed by atoms with Crippen LogP contribution in [-0.4, -0.2) is 25.0 Å². The van der Waals surface area contributed by atoms with Gasteiger partial charge in [-0.25, -0.2) is 0 Å². The van der Waals surface area contributed by atoms with E-state index in [4.69, 9.17) is 4.74 Å². The number of carbonyl (C=O) groups is 1. The smallest absolute Gasteiger partial charge is 0.255 e. The predicted octanol–water partition coefficient (Wildman–Crippen LogP) is 4.88. The fourth-order valence-electron chi connectivity index (χ4n) is 3.67. The quantitative estimate of drug-likeness (QED) is 0.671. The van der Waals surface area contributed by atoms with Gasteiger partial charge in [-0.1, -0.05) is 48.5 Å². The van der Waals surface area contributed by atoms with Crippen LogP contribution < -0.4 is 15.0 Å². The number of nitrogens with zero attached hydrogens (tertiary/aromatic N) is 1. The molecule has 4 rings (SSSR count). The summed E-state index contributed by atoms with van der Waals surface area (Å²) < 4.78 is 5.92. The van der Waals surface area contributed by atoms with Crippen molar-refractivity contribution in [2.45, 2.75) is 18.9 Å². The van der Waals surface area contributed by atoms with Crippen LogP contribution in [0, 0.1) is 0 Å². The maximum absolute atomic E-state index is 12.8. The van der Waals surface area contributed by atoms with Crippen molar-refractivity contribution in [2.75, 3.05) is 18.0 Å². The highest BCUT2D eigenvalue weighted by atomic mass is 16.5. The van der Waals surface area contributed by atoms with E-state index >= 15 is 0 Å². The Bertz CT molecular complexity index is 912. The molecule has 1 aliphatic rings. The normalized spacial score (nSPS) is 16.0. The van der Waals surface area contributed by atoms with Crippen molar-refractivity contribution >= 4 is 11.6 Å². The molecular formula is C24H24N2O2. The molecule has 4 nitrogen and oxygen atoms in total. The van der Waals surface area contributed by atoms with E-state index in [-0.39, 0.29) is 5.91 Å². The van der Waals surface area contributed by atoms with Crippen LogP contribution in [0.4, 0.5) is 5.69 Å². The number of hydrogen-bond acceptors (Lipinski definition) is 3. The molecule has 1 fully saturated rings. The Kier molecular flexibility index (Phi) is 5.57. The standard InChI is InChI=1S/C24H24N2O2/c27-24(22-15-7-8-16-23(22)28-21-13-5-2-6-14-21)25-18-20-12-9-17-26(20)19-10-3-1-4-11-19/h1-8,10-11,13-16,20H,9,12,17-18H2,(H,25,27). The van der Waals surface area contributed by atoms with E-state index < -0.39 is 0 Å². The first-order valence-corrected chi connectivity index (χ1v) is 9.73. The largest absolute Gasteiger partial charge is 0.457 e. The van der Waals surface area contributed by atoms with Crippen LogP contribution in [0.3, 0.4) is 0 Å². The number of ether oxygens (including phenoxy) is 1. The highest BCUT2D eigenvalue weighted by Gasteiger charge is 2.25. The lowest BCUT2D eigenvalue weighted by molar-refractivity contribution is 0.0949. The highest BCUT2D eigenvalue weighted by Crippen LogP contribution is 2.26. The Morgan fingerprint density at radius 3 is 2.39 bits per heavy atom. The number of nitrogens with one attached hydrogen (secondary N) is 1. The van der Waals surface area contributed by atoms with Crippen LogP contribution in [0.1, 0.15) is 23.2 Å². The number of benzene rings is 3. The Labute approximate surface area is 165 Å². The summed E-state index contributed by atoms with van der Waals surface area (Å²) in [5.74, 6) is 1.18. The Morgan fingerprint density at radius 1 is 0.929 bits per heavy atom.